The van der Waals surface area contributed by atoms with Gasteiger partial charge >= 0.3 is 0 Å². The number of halogens is 1. The Morgan fingerprint density at radius 3 is 2.72 bits per heavy atom. The van der Waals surface area contributed by atoms with E-state index in [1.165, 1.54) is 50.3 Å². The summed E-state index contributed by atoms with van der Waals surface area (Å²) in [4.78, 5) is 20.8. The van der Waals surface area contributed by atoms with E-state index in [2.05, 4.69) is 31.2 Å². The molecule has 3 N–H and O–H groups in total. The number of aryl methyl sites for hydroxylation is 1. The van der Waals surface area contributed by atoms with Crippen molar-refractivity contribution in [3.8, 4) is 0 Å². The van der Waals surface area contributed by atoms with Gasteiger partial charge in [0.2, 0.25) is 5.91 Å². The van der Waals surface area contributed by atoms with Crippen LogP contribution in [0.25, 0.3) is 0 Å². The van der Waals surface area contributed by atoms with E-state index in [-0.39, 0.29) is 5.91 Å². The summed E-state index contributed by atoms with van der Waals surface area (Å²) in [6, 6.07) is 1.73. The minimum Gasteiger partial charge on any atom is -0.384 e. The quantitative estimate of drug-likeness (QED) is 0.430. The molecule has 0 spiro atoms. The second kappa shape index (κ2) is 6.41. The van der Waals surface area contributed by atoms with E-state index in [0.29, 0.717) is 26.5 Å². The average molecular weight is 425 g/mol. The summed E-state index contributed by atoms with van der Waals surface area (Å²) in [7, 11) is 0. The summed E-state index contributed by atoms with van der Waals surface area (Å²) >= 11 is 5.38. The van der Waals surface area contributed by atoms with Gasteiger partial charge in [-0.1, -0.05) is 27.7 Å². The second-order valence-electron chi connectivity index (χ2n) is 8.39. The Morgan fingerprint density at radius 2 is 2.08 bits per heavy atom. The molecule has 4 saturated carbocycles. The maximum absolute atomic E-state index is 12.3. The highest BCUT2D eigenvalue weighted by Gasteiger charge is 2.56. The normalized spacial score (nSPS) is 35.8. The van der Waals surface area contributed by atoms with Crippen molar-refractivity contribution < 1.29 is 4.79 Å². The number of hydrogen-bond acceptors (Lipinski definition) is 5. The first-order chi connectivity index (χ1) is 11.8. The van der Waals surface area contributed by atoms with Crippen LogP contribution >= 0.6 is 27.7 Å². The van der Waals surface area contributed by atoms with Gasteiger partial charge in [-0.15, -0.1) is 0 Å². The highest BCUT2D eigenvalue weighted by Crippen LogP contribution is 2.64. The molecule has 4 fully saturated rings. The molecule has 25 heavy (non-hydrogen) atoms. The number of alkyl halides is 1. The average Bonchev–Trinajstić information content (AvgIpc) is 2.48. The van der Waals surface area contributed by atoms with Gasteiger partial charge in [0, 0.05) is 22.6 Å². The summed E-state index contributed by atoms with van der Waals surface area (Å²) in [5, 5.41) is 3.76. The van der Waals surface area contributed by atoms with Crippen LogP contribution in [0.4, 0.5) is 5.82 Å². The van der Waals surface area contributed by atoms with E-state index in [9.17, 15) is 4.79 Å². The third-order valence-corrected chi connectivity index (χ3v) is 7.73. The van der Waals surface area contributed by atoms with Gasteiger partial charge in [-0.2, -0.15) is 0 Å². The van der Waals surface area contributed by atoms with Crippen LogP contribution in [-0.2, 0) is 4.79 Å². The lowest BCUT2D eigenvalue weighted by Crippen LogP contribution is -2.56. The van der Waals surface area contributed by atoms with Gasteiger partial charge in [0.05, 0.1) is 5.75 Å². The van der Waals surface area contributed by atoms with Crippen LogP contribution in [-0.4, -0.2) is 32.5 Å². The molecule has 0 aromatic carbocycles. The highest BCUT2D eigenvalue weighted by atomic mass is 79.9. The number of nitrogens with zero attached hydrogens (tertiary/aromatic N) is 2. The number of rotatable bonds is 5. The van der Waals surface area contributed by atoms with Crippen LogP contribution in [0.5, 0.6) is 0 Å². The molecule has 0 aliphatic heterocycles. The Hall–Kier alpha value is -0.820. The zero-order valence-corrected chi connectivity index (χ0v) is 17.0. The van der Waals surface area contributed by atoms with Gasteiger partial charge in [-0.3, -0.25) is 4.79 Å². The van der Waals surface area contributed by atoms with Crippen LogP contribution in [0.15, 0.2) is 11.2 Å². The molecule has 0 radical (unpaired) electrons. The number of nitrogens with two attached hydrogens (primary N) is 1. The molecule has 0 unspecified atom stereocenters. The molecular formula is C18H25BrN4OS. The number of nitrogens with one attached hydrogen (secondary N) is 1. The first-order valence-corrected chi connectivity index (χ1v) is 10.8. The predicted molar refractivity (Wildman–Crippen MR) is 104 cm³/mol. The van der Waals surface area contributed by atoms with Crippen molar-refractivity contribution in [2.45, 2.75) is 54.9 Å². The zero-order valence-electron chi connectivity index (χ0n) is 14.6. The molecule has 4 aliphatic rings. The molecule has 7 heteroatoms. The molecular weight excluding hydrogens is 400 g/mol. The van der Waals surface area contributed by atoms with Crippen LogP contribution in [0.1, 0.15) is 44.2 Å². The van der Waals surface area contributed by atoms with E-state index in [4.69, 9.17) is 5.73 Å². The lowest BCUT2D eigenvalue weighted by atomic mass is 9.49. The Balaban J connectivity index is 1.32. The smallest absolute Gasteiger partial charge is 0.230 e. The number of carbonyl (C=O) groups excluding carboxylic acids is 1. The number of aromatic nitrogens is 2. The molecule has 0 saturated heterocycles. The third-order valence-electron chi connectivity index (χ3n) is 5.96. The van der Waals surface area contributed by atoms with E-state index in [1.807, 2.05) is 6.92 Å². The summed E-state index contributed by atoms with van der Waals surface area (Å²) < 4.78 is 0.337. The number of thioether (sulfide) groups is 1. The molecule has 4 bridgehead atoms. The molecule has 1 aromatic rings. The monoisotopic (exact) mass is 424 g/mol. The largest absolute Gasteiger partial charge is 0.384 e. The molecule has 136 valence electrons. The van der Waals surface area contributed by atoms with Crippen LogP contribution < -0.4 is 11.1 Å². The van der Waals surface area contributed by atoms with Crippen molar-refractivity contribution in [3.05, 3.63) is 11.8 Å². The standard InChI is InChI=1S/C18H25BrN4OS/c1-11-2-14(20)23-16(22-11)25-8-15(24)21-10-17-4-12-3-13(5-17)7-18(19,6-12)9-17/h2,12-13H,3-10H2,1H3,(H,21,24)(H2,20,22,23)/t12-,13-,17?,18?/m1/s1. The summed E-state index contributed by atoms with van der Waals surface area (Å²) in [6.45, 7) is 2.69. The fraction of sp³-hybridized carbons (Fsp3) is 0.722. The second-order valence-corrected chi connectivity index (χ2v) is 11.0. The lowest BCUT2D eigenvalue weighted by Gasteiger charge is -2.60. The zero-order chi connectivity index (χ0) is 17.7. The Kier molecular flexibility index (Phi) is 4.51. The number of nitrogen functional groups attached to an aromatic ring is 1. The van der Waals surface area contributed by atoms with Crippen LogP contribution in [0.3, 0.4) is 0 Å². The van der Waals surface area contributed by atoms with Crippen molar-refractivity contribution in [2.24, 2.45) is 17.3 Å². The highest BCUT2D eigenvalue weighted by molar-refractivity contribution is 9.10. The molecule has 5 rings (SSSR count). The number of carbonyl (C=O) groups is 1. The van der Waals surface area contributed by atoms with Gasteiger partial charge in [-0.05, 0) is 62.7 Å². The minimum atomic E-state index is 0.0630. The minimum absolute atomic E-state index is 0.0630. The van der Waals surface area contributed by atoms with Crippen LogP contribution in [0.2, 0.25) is 0 Å². The molecule has 1 aromatic heterocycles. The Morgan fingerprint density at radius 1 is 1.36 bits per heavy atom. The van der Waals surface area contributed by atoms with Gasteiger partial charge < -0.3 is 11.1 Å². The number of amides is 1. The fourth-order valence-corrected chi connectivity index (χ4v) is 7.89. The molecule has 4 aliphatic carbocycles. The molecule has 1 heterocycles. The predicted octanol–water partition coefficient (Wildman–Crippen LogP) is 3.31. The first kappa shape index (κ1) is 17.6. The summed E-state index contributed by atoms with van der Waals surface area (Å²) in [5.41, 5.74) is 6.87. The van der Waals surface area contributed by atoms with E-state index in [0.717, 1.165) is 24.1 Å². The molecule has 2 atom stereocenters. The van der Waals surface area contributed by atoms with E-state index in [1.54, 1.807) is 6.07 Å². The topological polar surface area (TPSA) is 80.9 Å². The van der Waals surface area contributed by atoms with Crippen molar-refractivity contribution in [1.29, 1.82) is 0 Å². The van der Waals surface area contributed by atoms with Gasteiger partial charge in [0.15, 0.2) is 5.16 Å². The van der Waals surface area contributed by atoms with Gasteiger partial charge in [-0.25, -0.2) is 9.97 Å². The van der Waals surface area contributed by atoms with Crippen molar-refractivity contribution >= 4 is 39.4 Å². The Labute approximate surface area is 161 Å². The third kappa shape index (κ3) is 3.82. The van der Waals surface area contributed by atoms with Crippen molar-refractivity contribution in [1.82, 2.24) is 15.3 Å². The SMILES string of the molecule is Cc1cc(N)nc(SCC(=O)NCC23C[C@H]4C[C@@H](CC(Br)(C4)C2)C3)n1. The molecule has 5 nitrogen and oxygen atoms in total. The Bertz CT molecular complexity index is 663. The summed E-state index contributed by atoms with van der Waals surface area (Å²) in [6.07, 6.45) is 7.80. The van der Waals surface area contributed by atoms with Gasteiger partial charge in [0.1, 0.15) is 5.82 Å². The molecule has 1 amide bonds. The van der Waals surface area contributed by atoms with Gasteiger partial charge in [0.25, 0.3) is 0 Å². The lowest BCUT2D eigenvalue weighted by molar-refractivity contribution is -0.120. The van der Waals surface area contributed by atoms with Crippen molar-refractivity contribution in [3.63, 3.8) is 0 Å². The van der Waals surface area contributed by atoms with Crippen LogP contribution in [0, 0.1) is 24.2 Å². The maximum Gasteiger partial charge on any atom is 0.230 e. The number of hydrogen-bond donors (Lipinski definition) is 2. The first-order valence-electron chi connectivity index (χ1n) is 9.03. The summed E-state index contributed by atoms with van der Waals surface area (Å²) in [5.74, 6) is 2.54. The van der Waals surface area contributed by atoms with E-state index < -0.39 is 0 Å². The fourth-order valence-electron chi connectivity index (χ4n) is 5.64. The van der Waals surface area contributed by atoms with E-state index >= 15 is 0 Å². The number of anilines is 1. The maximum atomic E-state index is 12.3. The van der Waals surface area contributed by atoms with Crippen molar-refractivity contribution in [2.75, 3.05) is 18.0 Å².